The third-order valence-electron chi connectivity index (χ3n) is 2.75. The Morgan fingerprint density at radius 3 is 2.53 bits per heavy atom. The Balaban J connectivity index is 2.15. The van der Waals surface area contributed by atoms with Gasteiger partial charge in [0.15, 0.2) is 11.6 Å². The Morgan fingerprint density at radius 2 is 1.84 bits per heavy atom. The molecule has 6 heteroatoms. The van der Waals surface area contributed by atoms with Crippen molar-refractivity contribution in [3.05, 3.63) is 47.8 Å². The fourth-order valence-electron chi connectivity index (χ4n) is 1.78. The van der Waals surface area contributed by atoms with Crippen molar-refractivity contribution in [3.8, 4) is 0 Å². The van der Waals surface area contributed by atoms with Gasteiger partial charge < -0.3 is 9.88 Å². The highest BCUT2D eigenvalue weighted by atomic mass is 19.2. The number of halogens is 3. The molecule has 102 valence electrons. The highest BCUT2D eigenvalue weighted by Gasteiger charge is 2.11. The van der Waals surface area contributed by atoms with E-state index in [1.54, 1.807) is 6.20 Å². The number of hydrogen-bond donors (Lipinski definition) is 1. The van der Waals surface area contributed by atoms with Crippen LogP contribution >= 0.6 is 0 Å². The molecule has 0 saturated carbocycles. The fraction of sp³-hybridized carbons (Fsp3) is 0.308. The van der Waals surface area contributed by atoms with Gasteiger partial charge in [-0.2, -0.15) is 0 Å². The van der Waals surface area contributed by atoms with Crippen molar-refractivity contribution in [1.29, 1.82) is 0 Å². The number of rotatable bonds is 4. The van der Waals surface area contributed by atoms with Crippen LogP contribution in [0.5, 0.6) is 0 Å². The summed E-state index contributed by atoms with van der Waals surface area (Å²) < 4.78 is 41.1. The van der Waals surface area contributed by atoms with Gasteiger partial charge in [-0.15, -0.1) is 0 Å². The molecule has 0 aliphatic rings. The van der Waals surface area contributed by atoms with Gasteiger partial charge in [-0.3, -0.25) is 0 Å². The maximum atomic E-state index is 13.4. The van der Waals surface area contributed by atoms with Crippen molar-refractivity contribution >= 4 is 5.69 Å². The van der Waals surface area contributed by atoms with Crippen molar-refractivity contribution in [1.82, 2.24) is 9.55 Å². The highest BCUT2D eigenvalue weighted by molar-refractivity contribution is 5.45. The van der Waals surface area contributed by atoms with Crippen molar-refractivity contribution < 1.29 is 13.2 Å². The molecule has 3 nitrogen and oxygen atoms in total. The molecule has 1 heterocycles. The second-order valence-electron chi connectivity index (χ2n) is 4.44. The van der Waals surface area contributed by atoms with Gasteiger partial charge in [0.25, 0.3) is 0 Å². The van der Waals surface area contributed by atoms with E-state index >= 15 is 0 Å². The van der Waals surface area contributed by atoms with E-state index in [0.29, 0.717) is 11.9 Å². The van der Waals surface area contributed by atoms with Crippen LogP contribution in [-0.4, -0.2) is 9.55 Å². The Bertz CT molecular complexity index is 579. The molecule has 0 radical (unpaired) electrons. The van der Waals surface area contributed by atoms with Gasteiger partial charge in [0.05, 0.1) is 12.2 Å². The molecule has 1 N–H and O–H groups in total. The first kappa shape index (κ1) is 13.5. The maximum Gasteiger partial charge on any atom is 0.161 e. The van der Waals surface area contributed by atoms with Crippen LogP contribution in [0.2, 0.25) is 0 Å². The van der Waals surface area contributed by atoms with Gasteiger partial charge in [0.1, 0.15) is 11.6 Å². The SMILES string of the molecule is CC(C)n1ccnc1CNc1cc(F)c(F)cc1F. The minimum absolute atomic E-state index is 0.0859. The van der Waals surface area contributed by atoms with E-state index in [4.69, 9.17) is 0 Å². The average Bonchev–Trinajstić information content (AvgIpc) is 2.80. The van der Waals surface area contributed by atoms with Gasteiger partial charge in [0, 0.05) is 30.6 Å². The average molecular weight is 269 g/mol. The topological polar surface area (TPSA) is 29.9 Å². The van der Waals surface area contributed by atoms with E-state index in [-0.39, 0.29) is 18.3 Å². The lowest BCUT2D eigenvalue weighted by molar-refractivity contribution is 0.496. The maximum absolute atomic E-state index is 13.4. The molecule has 2 aromatic rings. The molecule has 19 heavy (non-hydrogen) atoms. The Labute approximate surface area is 109 Å². The van der Waals surface area contributed by atoms with Gasteiger partial charge in [-0.1, -0.05) is 0 Å². The number of imidazole rings is 1. The van der Waals surface area contributed by atoms with Crippen molar-refractivity contribution in [2.75, 3.05) is 5.32 Å². The summed E-state index contributed by atoms with van der Waals surface area (Å²) in [4.78, 5) is 4.13. The second kappa shape index (κ2) is 5.34. The zero-order valence-electron chi connectivity index (χ0n) is 10.6. The van der Waals surface area contributed by atoms with E-state index < -0.39 is 17.5 Å². The minimum atomic E-state index is -1.20. The first-order valence-electron chi connectivity index (χ1n) is 5.89. The van der Waals surface area contributed by atoms with Crippen LogP contribution in [0.15, 0.2) is 24.5 Å². The monoisotopic (exact) mass is 269 g/mol. The summed E-state index contributed by atoms with van der Waals surface area (Å²) in [6, 6.07) is 1.54. The number of aromatic nitrogens is 2. The summed E-state index contributed by atoms with van der Waals surface area (Å²) in [6.45, 7) is 4.21. The number of hydrogen-bond acceptors (Lipinski definition) is 2. The summed E-state index contributed by atoms with van der Waals surface area (Å²) in [5.41, 5.74) is -0.0859. The predicted molar refractivity (Wildman–Crippen MR) is 66.3 cm³/mol. The molecule has 2 rings (SSSR count). The van der Waals surface area contributed by atoms with Gasteiger partial charge in [0.2, 0.25) is 0 Å². The molecule has 0 atom stereocenters. The molecule has 0 bridgehead atoms. The summed E-state index contributed by atoms with van der Waals surface area (Å²) in [7, 11) is 0. The quantitative estimate of drug-likeness (QED) is 0.861. The first-order chi connectivity index (χ1) is 8.99. The minimum Gasteiger partial charge on any atom is -0.375 e. The predicted octanol–water partition coefficient (Wildman–Crippen LogP) is 3.49. The molecular weight excluding hydrogens is 255 g/mol. The van der Waals surface area contributed by atoms with E-state index in [0.717, 1.165) is 6.07 Å². The smallest absolute Gasteiger partial charge is 0.161 e. The van der Waals surface area contributed by atoms with Crippen LogP contribution < -0.4 is 5.32 Å². The van der Waals surface area contributed by atoms with Gasteiger partial charge >= 0.3 is 0 Å². The molecule has 0 aliphatic heterocycles. The number of nitrogens with zero attached hydrogens (tertiary/aromatic N) is 2. The molecule has 0 saturated heterocycles. The molecule has 0 unspecified atom stereocenters. The lowest BCUT2D eigenvalue weighted by atomic mass is 10.2. The summed E-state index contributed by atoms with van der Waals surface area (Å²) in [5.74, 6) is -2.43. The van der Waals surface area contributed by atoms with E-state index in [2.05, 4.69) is 10.3 Å². The van der Waals surface area contributed by atoms with Crippen LogP contribution in [0, 0.1) is 17.5 Å². The molecule has 1 aromatic carbocycles. The molecule has 0 aliphatic carbocycles. The summed E-state index contributed by atoms with van der Waals surface area (Å²) in [6.07, 6.45) is 3.45. The molecule has 0 spiro atoms. The van der Waals surface area contributed by atoms with Crippen LogP contribution in [0.4, 0.5) is 18.9 Å². The lowest BCUT2D eigenvalue weighted by Gasteiger charge is -2.13. The normalized spacial score (nSPS) is 11.1. The summed E-state index contributed by atoms with van der Waals surface area (Å²) in [5, 5.41) is 2.71. The largest absolute Gasteiger partial charge is 0.375 e. The van der Waals surface area contributed by atoms with Crippen LogP contribution in [-0.2, 0) is 6.54 Å². The van der Waals surface area contributed by atoms with Crippen molar-refractivity contribution in [2.24, 2.45) is 0 Å². The van der Waals surface area contributed by atoms with Gasteiger partial charge in [-0.25, -0.2) is 18.2 Å². The highest BCUT2D eigenvalue weighted by Crippen LogP contribution is 2.19. The number of benzene rings is 1. The zero-order chi connectivity index (χ0) is 14.0. The van der Waals surface area contributed by atoms with Crippen molar-refractivity contribution in [3.63, 3.8) is 0 Å². The van der Waals surface area contributed by atoms with Crippen LogP contribution in [0.1, 0.15) is 25.7 Å². The third kappa shape index (κ3) is 2.89. The van der Waals surface area contributed by atoms with E-state index in [9.17, 15) is 13.2 Å². The van der Waals surface area contributed by atoms with Crippen LogP contribution in [0.3, 0.4) is 0 Å². The Morgan fingerprint density at radius 1 is 1.16 bits per heavy atom. The molecule has 0 amide bonds. The van der Waals surface area contributed by atoms with E-state index in [1.165, 1.54) is 0 Å². The Kier molecular flexibility index (Phi) is 3.78. The third-order valence-corrected chi connectivity index (χ3v) is 2.75. The summed E-state index contributed by atoms with van der Waals surface area (Å²) >= 11 is 0. The molecule has 1 aromatic heterocycles. The second-order valence-corrected chi connectivity index (χ2v) is 4.44. The van der Waals surface area contributed by atoms with Crippen molar-refractivity contribution in [2.45, 2.75) is 26.4 Å². The van der Waals surface area contributed by atoms with Crippen LogP contribution in [0.25, 0.3) is 0 Å². The number of nitrogens with one attached hydrogen (secondary N) is 1. The standard InChI is InChI=1S/C13H14F3N3/c1-8(2)19-4-3-17-13(19)7-18-12-6-10(15)9(14)5-11(12)16/h3-6,8,18H,7H2,1-2H3. The Hall–Kier alpha value is -1.98. The lowest BCUT2D eigenvalue weighted by Crippen LogP contribution is -2.11. The number of anilines is 1. The first-order valence-corrected chi connectivity index (χ1v) is 5.89. The molecular formula is C13H14F3N3. The van der Waals surface area contributed by atoms with Gasteiger partial charge in [-0.05, 0) is 13.8 Å². The zero-order valence-corrected chi connectivity index (χ0v) is 10.6. The van der Waals surface area contributed by atoms with E-state index in [1.807, 2.05) is 24.6 Å². The molecule has 0 fully saturated rings. The fourth-order valence-corrected chi connectivity index (χ4v) is 1.78.